The van der Waals surface area contributed by atoms with Gasteiger partial charge in [-0.2, -0.15) is 0 Å². The van der Waals surface area contributed by atoms with Crippen LogP contribution in [0.1, 0.15) is 49.5 Å². The first-order valence-corrected chi connectivity index (χ1v) is 12.7. The maximum atomic E-state index is 15.9. The summed E-state index contributed by atoms with van der Waals surface area (Å²) >= 11 is 0. The van der Waals surface area contributed by atoms with Crippen LogP contribution in [-0.4, -0.2) is 31.7 Å². The molecule has 0 aliphatic carbocycles. The van der Waals surface area contributed by atoms with Crippen molar-refractivity contribution in [2.75, 3.05) is 21.3 Å². The summed E-state index contributed by atoms with van der Waals surface area (Å²) in [6, 6.07) is 11.1. The van der Waals surface area contributed by atoms with Gasteiger partial charge in [-0.3, -0.25) is 9.69 Å². The third kappa shape index (κ3) is 3.83. The first kappa shape index (κ1) is 22.5. The number of benzene rings is 2. The number of sulfone groups is 1. The molecule has 170 valence electrons. The normalized spacial score (nSPS) is 22.0. The molecule has 2 aliphatic rings. The lowest BCUT2D eigenvalue weighted by molar-refractivity contribution is 0.0930. The van der Waals surface area contributed by atoms with E-state index in [2.05, 4.69) is 6.58 Å². The van der Waals surface area contributed by atoms with Gasteiger partial charge in [-0.1, -0.05) is 25.6 Å². The second-order valence-corrected chi connectivity index (χ2v) is 11.8. The summed E-state index contributed by atoms with van der Waals surface area (Å²) in [7, 11) is -3.14. The Morgan fingerprint density at radius 2 is 1.97 bits per heavy atom. The van der Waals surface area contributed by atoms with E-state index in [9.17, 15) is 13.2 Å². The van der Waals surface area contributed by atoms with Crippen LogP contribution in [0.4, 0.5) is 21.5 Å². The molecule has 0 N–H and O–H groups in total. The predicted octanol–water partition coefficient (Wildman–Crippen LogP) is 5.37. The van der Waals surface area contributed by atoms with Gasteiger partial charge in [0.1, 0.15) is 11.5 Å². The first-order valence-electron chi connectivity index (χ1n) is 10.8. The molecule has 0 unspecified atom stereocenters. The quantitative estimate of drug-likeness (QED) is 0.566. The fraction of sp³-hybridized carbons (Fsp3) is 0.400. The number of nitrogens with zero attached hydrogens (tertiary/aromatic N) is 2. The molecule has 1 saturated heterocycles. The van der Waals surface area contributed by atoms with Crippen LogP contribution in [0, 0.1) is 18.2 Å². The number of halogens is 1. The molecule has 2 aromatic carbocycles. The minimum atomic E-state index is -3.14. The van der Waals surface area contributed by atoms with Gasteiger partial charge in [-0.25, -0.2) is 12.8 Å². The molecule has 4 rings (SSSR count). The van der Waals surface area contributed by atoms with Crippen LogP contribution in [-0.2, 0) is 9.84 Å². The van der Waals surface area contributed by atoms with Crippen LogP contribution >= 0.6 is 0 Å². The van der Waals surface area contributed by atoms with Crippen LogP contribution < -0.4 is 9.80 Å². The Kier molecular flexibility index (Phi) is 5.44. The molecule has 1 fully saturated rings. The smallest absolute Gasteiger partial charge is 0.166 e. The van der Waals surface area contributed by atoms with Crippen LogP contribution in [0.25, 0.3) is 0 Å². The second kappa shape index (κ2) is 7.73. The van der Waals surface area contributed by atoms with Crippen molar-refractivity contribution in [3.05, 3.63) is 65.7 Å². The molecule has 0 aromatic heterocycles. The summed E-state index contributed by atoms with van der Waals surface area (Å²) in [6.07, 6.45) is 0.426. The fourth-order valence-corrected chi connectivity index (χ4v) is 7.12. The van der Waals surface area contributed by atoms with E-state index in [0.29, 0.717) is 23.6 Å². The van der Waals surface area contributed by atoms with Crippen molar-refractivity contribution in [3.8, 4) is 0 Å². The zero-order chi connectivity index (χ0) is 23.4. The summed E-state index contributed by atoms with van der Waals surface area (Å²) in [5, 5.41) is 0. The molecule has 2 aliphatic heterocycles. The molecule has 0 amide bonds. The topological polar surface area (TPSA) is 57.7 Å². The molecule has 32 heavy (non-hydrogen) atoms. The molecule has 7 heteroatoms. The maximum absolute atomic E-state index is 15.9. The van der Waals surface area contributed by atoms with Crippen molar-refractivity contribution in [2.45, 2.75) is 46.6 Å². The molecular formula is C25H29FN2O3S. The van der Waals surface area contributed by atoms with Gasteiger partial charge < -0.3 is 4.90 Å². The molecule has 2 heterocycles. The Morgan fingerprint density at radius 1 is 1.25 bits per heavy atom. The van der Waals surface area contributed by atoms with Gasteiger partial charge in [-0.15, -0.1) is 0 Å². The fourth-order valence-electron chi connectivity index (χ4n) is 4.87. The van der Waals surface area contributed by atoms with E-state index in [1.54, 1.807) is 13.0 Å². The van der Waals surface area contributed by atoms with Crippen molar-refractivity contribution < 1.29 is 17.6 Å². The molecule has 0 spiro atoms. The summed E-state index contributed by atoms with van der Waals surface area (Å²) < 4.78 is 39.7. The Morgan fingerprint density at radius 3 is 2.56 bits per heavy atom. The van der Waals surface area contributed by atoms with E-state index in [-0.39, 0.29) is 35.3 Å². The maximum Gasteiger partial charge on any atom is 0.166 e. The molecule has 1 atom stereocenters. The van der Waals surface area contributed by atoms with E-state index < -0.39 is 21.1 Å². The van der Waals surface area contributed by atoms with E-state index in [4.69, 9.17) is 0 Å². The third-order valence-electron chi connectivity index (χ3n) is 6.36. The van der Waals surface area contributed by atoms with Gasteiger partial charge in [0.25, 0.3) is 0 Å². The zero-order valence-corrected chi connectivity index (χ0v) is 19.8. The number of fused-ring (bicyclic) bond motifs is 1. The van der Waals surface area contributed by atoms with Crippen molar-refractivity contribution in [3.63, 3.8) is 0 Å². The van der Waals surface area contributed by atoms with Crippen LogP contribution in [0.5, 0.6) is 0 Å². The van der Waals surface area contributed by atoms with E-state index >= 15 is 4.39 Å². The van der Waals surface area contributed by atoms with Crippen LogP contribution in [0.2, 0.25) is 0 Å². The molecule has 0 radical (unpaired) electrons. The number of hydrogen-bond acceptors (Lipinski definition) is 5. The average Bonchev–Trinajstić information content (AvgIpc) is 3.14. The molecule has 0 bridgehead atoms. The number of ketones is 1. The Balaban J connectivity index is 1.76. The van der Waals surface area contributed by atoms with Gasteiger partial charge in [0, 0.05) is 18.2 Å². The standard InChI is InChI=1S/C25H29FN2O3S/c1-16(2)27-18(4)28(19-8-6-7-17(3)13-19)21-10-9-20(23(26)24(21)27)22(29)14-25(5)11-12-32(30,31)15-25/h6-10,13,16H,4,11-12,14-15H2,1-3,5H3/t25-/m1/s1. The Bertz CT molecular complexity index is 1220. The predicted molar refractivity (Wildman–Crippen MR) is 127 cm³/mol. The van der Waals surface area contributed by atoms with Crippen LogP contribution in [0.3, 0.4) is 0 Å². The molecule has 2 aromatic rings. The minimum Gasteiger partial charge on any atom is -0.321 e. The van der Waals surface area contributed by atoms with Crippen molar-refractivity contribution in [1.29, 1.82) is 0 Å². The van der Waals surface area contributed by atoms with Crippen molar-refractivity contribution >= 4 is 32.7 Å². The van der Waals surface area contributed by atoms with Gasteiger partial charge in [-0.05, 0) is 62.4 Å². The van der Waals surface area contributed by atoms with Gasteiger partial charge in [0.05, 0.1) is 22.8 Å². The molecule has 5 nitrogen and oxygen atoms in total. The zero-order valence-electron chi connectivity index (χ0n) is 19.0. The molecule has 0 saturated carbocycles. The number of aryl methyl sites for hydroxylation is 1. The Labute approximate surface area is 189 Å². The average molecular weight is 457 g/mol. The lowest BCUT2D eigenvalue weighted by atomic mass is 9.83. The largest absolute Gasteiger partial charge is 0.321 e. The van der Waals surface area contributed by atoms with Crippen LogP contribution in [0.15, 0.2) is 48.8 Å². The highest BCUT2D eigenvalue weighted by Crippen LogP contribution is 2.49. The van der Waals surface area contributed by atoms with Gasteiger partial charge in [0.15, 0.2) is 21.4 Å². The van der Waals surface area contributed by atoms with Gasteiger partial charge >= 0.3 is 0 Å². The van der Waals surface area contributed by atoms with E-state index in [1.807, 2.05) is 54.8 Å². The second-order valence-electron chi connectivity index (χ2n) is 9.60. The SMILES string of the molecule is C=C1N(c2cccc(C)c2)c2ccc(C(=O)C[C@@]3(C)CCS(=O)(=O)C3)c(F)c2N1C(C)C. The lowest BCUT2D eigenvalue weighted by Gasteiger charge is -2.27. The Hall–Kier alpha value is -2.67. The molecular weight excluding hydrogens is 427 g/mol. The number of Topliss-reactive ketones (excluding diaryl/α,β-unsaturated/α-hetero) is 1. The number of rotatable bonds is 5. The van der Waals surface area contributed by atoms with Gasteiger partial charge in [0.2, 0.25) is 0 Å². The summed E-state index contributed by atoms with van der Waals surface area (Å²) in [4.78, 5) is 16.8. The third-order valence-corrected chi connectivity index (χ3v) is 8.32. The monoisotopic (exact) mass is 456 g/mol. The number of carbonyl (C=O) groups is 1. The lowest BCUT2D eigenvalue weighted by Crippen LogP contribution is -2.31. The highest BCUT2D eigenvalue weighted by atomic mass is 32.2. The van der Waals surface area contributed by atoms with Crippen molar-refractivity contribution in [1.82, 2.24) is 0 Å². The minimum absolute atomic E-state index is 0.00110. The number of hydrogen-bond donors (Lipinski definition) is 0. The summed E-state index contributed by atoms with van der Waals surface area (Å²) in [5.74, 6) is -0.280. The van der Waals surface area contributed by atoms with E-state index in [1.165, 1.54) is 6.07 Å². The first-order chi connectivity index (χ1) is 14.9. The summed E-state index contributed by atoms with van der Waals surface area (Å²) in [6.45, 7) is 11.9. The highest BCUT2D eigenvalue weighted by molar-refractivity contribution is 7.91. The number of carbonyl (C=O) groups excluding carboxylic acids is 1. The van der Waals surface area contributed by atoms with Crippen molar-refractivity contribution in [2.24, 2.45) is 5.41 Å². The van der Waals surface area contributed by atoms with E-state index in [0.717, 1.165) is 11.3 Å². The highest BCUT2D eigenvalue weighted by Gasteiger charge is 2.41. The number of anilines is 3. The summed E-state index contributed by atoms with van der Waals surface area (Å²) in [5.41, 5.74) is 2.27.